The monoisotopic (exact) mass is 465 g/mol. The molecule has 9 heteroatoms. The highest BCUT2D eigenvalue weighted by Gasteiger charge is 2.34. The maximum absolute atomic E-state index is 12.8. The molecule has 2 aromatic carbocycles. The lowest BCUT2D eigenvalue weighted by Gasteiger charge is -2.14. The molecule has 0 spiro atoms. The van der Waals surface area contributed by atoms with Crippen LogP contribution in [0.15, 0.2) is 65.8 Å². The van der Waals surface area contributed by atoms with Gasteiger partial charge in [-0.25, -0.2) is 19.0 Å². The Hall–Kier alpha value is -3.23. The molecule has 2 heterocycles. The van der Waals surface area contributed by atoms with Crippen molar-refractivity contribution in [3.05, 3.63) is 65.9 Å². The lowest BCUT2D eigenvalue weighted by molar-refractivity contribution is 0.415. The Bertz CT molecular complexity index is 1430. The number of halogens is 1. The van der Waals surface area contributed by atoms with Crippen LogP contribution in [0.3, 0.4) is 0 Å². The molecule has 0 aliphatic heterocycles. The number of methoxy groups -OCH3 is 1. The van der Waals surface area contributed by atoms with Crippen LogP contribution >= 0.6 is 11.6 Å². The summed E-state index contributed by atoms with van der Waals surface area (Å²) >= 11 is 6.45. The lowest BCUT2D eigenvalue weighted by atomic mass is 10.1. The number of hydrogen-bond donors (Lipinski definition) is 2. The standard InChI is InChI=1S/C23H20ClN5O2S/c1-31-21-12-15(32(25,30)14-6-7-14)8-9-20(21)28-23-27-13-18(24)22(29-23)17-10-11-26-19-5-3-2-4-16(17)19/h2-5,8-14,25H,6-7H2,1H3,(H,27,28,29). The van der Waals surface area contributed by atoms with Gasteiger partial charge in [0, 0.05) is 22.4 Å². The number of anilines is 2. The Kier molecular flexibility index (Phi) is 5.19. The van der Waals surface area contributed by atoms with Crippen LogP contribution in [0.2, 0.25) is 5.02 Å². The quantitative estimate of drug-likeness (QED) is 0.380. The number of para-hydroxylation sites is 1. The highest BCUT2D eigenvalue weighted by Crippen LogP contribution is 2.38. The second-order valence-corrected chi connectivity index (χ2v) is 10.3. The smallest absolute Gasteiger partial charge is 0.227 e. The van der Waals surface area contributed by atoms with Gasteiger partial charge in [0.25, 0.3) is 0 Å². The van der Waals surface area contributed by atoms with Crippen molar-refractivity contribution in [2.24, 2.45) is 0 Å². The molecule has 0 radical (unpaired) electrons. The number of nitrogens with zero attached hydrogens (tertiary/aromatic N) is 3. The van der Waals surface area contributed by atoms with Crippen LogP contribution in [0, 0.1) is 4.78 Å². The van der Waals surface area contributed by atoms with Gasteiger partial charge >= 0.3 is 0 Å². The Morgan fingerprint density at radius 2 is 1.97 bits per heavy atom. The summed E-state index contributed by atoms with van der Waals surface area (Å²) in [6.07, 6.45) is 4.93. The molecule has 1 aliphatic carbocycles. The number of benzene rings is 2. The van der Waals surface area contributed by atoms with Crippen LogP contribution in [0.25, 0.3) is 22.2 Å². The fourth-order valence-electron chi connectivity index (χ4n) is 3.59. The molecule has 1 atom stereocenters. The van der Waals surface area contributed by atoms with Crippen molar-refractivity contribution in [3.63, 3.8) is 0 Å². The Labute approximate surface area is 190 Å². The molecule has 2 N–H and O–H groups in total. The van der Waals surface area contributed by atoms with Crippen molar-refractivity contribution in [1.29, 1.82) is 4.78 Å². The molecule has 1 unspecified atom stereocenters. The van der Waals surface area contributed by atoms with Crippen molar-refractivity contribution in [3.8, 4) is 17.0 Å². The summed E-state index contributed by atoms with van der Waals surface area (Å²) in [5.74, 6) is 0.808. The third-order valence-corrected chi connectivity index (χ3v) is 8.05. The van der Waals surface area contributed by atoms with Crippen molar-refractivity contribution >= 4 is 43.9 Å². The first-order chi connectivity index (χ1) is 15.5. The summed E-state index contributed by atoms with van der Waals surface area (Å²) in [7, 11) is -1.29. The average Bonchev–Trinajstić information content (AvgIpc) is 3.66. The van der Waals surface area contributed by atoms with Gasteiger partial charge in [-0.1, -0.05) is 29.8 Å². The fraction of sp³-hybridized carbons (Fsp3) is 0.174. The van der Waals surface area contributed by atoms with Gasteiger partial charge < -0.3 is 10.1 Å². The van der Waals surface area contributed by atoms with Gasteiger partial charge in [0.05, 0.1) is 49.9 Å². The number of hydrogen-bond acceptors (Lipinski definition) is 7. The highest BCUT2D eigenvalue weighted by atomic mass is 35.5. The lowest BCUT2D eigenvalue weighted by Crippen LogP contribution is -2.06. The number of aromatic nitrogens is 3. The minimum atomic E-state index is -2.82. The van der Waals surface area contributed by atoms with Gasteiger partial charge in [-0.2, -0.15) is 0 Å². The maximum Gasteiger partial charge on any atom is 0.227 e. The molecule has 2 aromatic heterocycles. The summed E-state index contributed by atoms with van der Waals surface area (Å²) in [6.45, 7) is 0. The van der Waals surface area contributed by atoms with E-state index in [0.717, 1.165) is 29.3 Å². The first-order valence-electron chi connectivity index (χ1n) is 10.1. The molecular weight excluding hydrogens is 446 g/mol. The van der Waals surface area contributed by atoms with E-state index in [4.69, 9.17) is 21.1 Å². The average molecular weight is 466 g/mol. The van der Waals surface area contributed by atoms with Crippen LogP contribution in [0.5, 0.6) is 5.75 Å². The number of rotatable bonds is 6. The molecular formula is C23H20ClN5O2S. The number of pyridine rings is 1. The predicted octanol–water partition coefficient (Wildman–Crippen LogP) is 5.67. The van der Waals surface area contributed by atoms with Crippen LogP contribution in [-0.4, -0.2) is 31.5 Å². The van der Waals surface area contributed by atoms with Gasteiger partial charge in [0.1, 0.15) is 5.75 Å². The molecule has 0 amide bonds. The molecule has 0 saturated heterocycles. The second-order valence-electron chi connectivity index (χ2n) is 7.55. The van der Waals surface area contributed by atoms with E-state index in [1.807, 2.05) is 30.3 Å². The zero-order valence-electron chi connectivity index (χ0n) is 17.2. The Morgan fingerprint density at radius 3 is 2.75 bits per heavy atom. The van der Waals surface area contributed by atoms with Crippen molar-refractivity contribution in [2.75, 3.05) is 12.4 Å². The van der Waals surface area contributed by atoms with Crippen molar-refractivity contribution in [2.45, 2.75) is 23.0 Å². The minimum Gasteiger partial charge on any atom is -0.495 e. The molecule has 5 rings (SSSR count). The predicted molar refractivity (Wildman–Crippen MR) is 126 cm³/mol. The topological polar surface area (TPSA) is 101 Å². The summed E-state index contributed by atoms with van der Waals surface area (Å²) < 4.78 is 26.5. The van der Waals surface area contributed by atoms with Gasteiger partial charge in [0.2, 0.25) is 5.95 Å². The zero-order chi connectivity index (χ0) is 22.3. The minimum absolute atomic E-state index is 0.0663. The van der Waals surface area contributed by atoms with E-state index >= 15 is 0 Å². The van der Waals surface area contributed by atoms with E-state index in [1.54, 1.807) is 30.6 Å². The van der Waals surface area contributed by atoms with Crippen LogP contribution in [0.1, 0.15) is 12.8 Å². The Balaban J connectivity index is 1.52. The van der Waals surface area contributed by atoms with E-state index in [2.05, 4.69) is 20.3 Å². The molecule has 7 nitrogen and oxygen atoms in total. The first kappa shape index (κ1) is 20.7. The van der Waals surface area contributed by atoms with E-state index in [-0.39, 0.29) is 5.25 Å². The normalized spacial score (nSPS) is 15.3. The SMILES string of the molecule is COc1cc(S(=N)(=O)C2CC2)ccc1Nc1ncc(Cl)c(-c2ccnc3ccccc23)n1. The van der Waals surface area contributed by atoms with Crippen molar-refractivity contribution < 1.29 is 8.95 Å². The van der Waals surface area contributed by atoms with Crippen molar-refractivity contribution in [1.82, 2.24) is 15.0 Å². The summed E-state index contributed by atoms with van der Waals surface area (Å²) in [4.78, 5) is 13.8. The fourth-order valence-corrected chi connectivity index (χ4v) is 5.52. The second kappa shape index (κ2) is 8.03. The third-order valence-electron chi connectivity index (χ3n) is 5.41. The van der Waals surface area contributed by atoms with E-state index in [0.29, 0.717) is 33.0 Å². The largest absolute Gasteiger partial charge is 0.495 e. The molecule has 32 heavy (non-hydrogen) atoms. The molecule has 1 aliphatic rings. The maximum atomic E-state index is 12.8. The summed E-state index contributed by atoms with van der Waals surface area (Å²) in [6, 6.07) is 14.8. The molecule has 4 aromatic rings. The third kappa shape index (κ3) is 3.76. The van der Waals surface area contributed by atoms with Crippen LogP contribution < -0.4 is 10.1 Å². The number of fused-ring (bicyclic) bond motifs is 1. The highest BCUT2D eigenvalue weighted by molar-refractivity contribution is 7.93. The molecule has 1 saturated carbocycles. The van der Waals surface area contributed by atoms with Crippen LogP contribution in [0.4, 0.5) is 11.6 Å². The molecule has 1 fully saturated rings. The number of ether oxygens (including phenoxy) is 1. The van der Waals surface area contributed by atoms with E-state index in [1.165, 1.54) is 7.11 Å². The van der Waals surface area contributed by atoms with Gasteiger partial charge in [-0.15, -0.1) is 0 Å². The van der Waals surface area contributed by atoms with Gasteiger partial charge in [-0.3, -0.25) is 4.98 Å². The first-order valence-corrected chi connectivity index (χ1v) is 12.1. The summed E-state index contributed by atoms with van der Waals surface area (Å²) in [5, 5.41) is 4.45. The number of nitrogens with one attached hydrogen (secondary N) is 2. The van der Waals surface area contributed by atoms with E-state index < -0.39 is 9.73 Å². The van der Waals surface area contributed by atoms with Gasteiger partial charge in [-0.05, 0) is 43.2 Å². The Morgan fingerprint density at radius 1 is 1.16 bits per heavy atom. The molecule has 0 bridgehead atoms. The zero-order valence-corrected chi connectivity index (χ0v) is 18.8. The van der Waals surface area contributed by atoms with Gasteiger partial charge in [0.15, 0.2) is 0 Å². The van der Waals surface area contributed by atoms with Crippen LogP contribution in [-0.2, 0) is 9.73 Å². The van der Waals surface area contributed by atoms with E-state index in [9.17, 15) is 4.21 Å². The summed E-state index contributed by atoms with van der Waals surface area (Å²) in [5.41, 5.74) is 2.89. The molecule has 162 valence electrons.